The highest BCUT2D eigenvalue weighted by Gasteiger charge is 2.21. The van der Waals surface area contributed by atoms with Crippen LogP contribution < -0.4 is 10.1 Å². The van der Waals surface area contributed by atoms with E-state index in [0.29, 0.717) is 5.75 Å². The van der Waals surface area contributed by atoms with Crippen LogP contribution in [-0.4, -0.2) is 12.5 Å². The van der Waals surface area contributed by atoms with E-state index in [1.807, 2.05) is 0 Å². The Morgan fingerprint density at radius 3 is 2.87 bits per heavy atom. The molecule has 2 rings (SSSR count). The maximum absolute atomic E-state index is 12.5. The minimum Gasteiger partial charge on any atom is -0.482 e. The van der Waals surface area contributed by atoms with Crippen LogP contribution in [-0.2, 0) is 4.79 Å². The van der Waals surface area contributed by atoms with Crippen LogP contribution in [0.5, 0.6) is 5.75 Å². The molecule has 1 heterocycles. The van der Waals surface area contributed by atoms with Gasteiger partial charge < -0.3 is 10.1 Å². The molecule has 0 fully saturated rings. The first kappa shape index (κ1) is 10.4. The molecule has 0 aliphatic carbocycles. The van der Waals surface area contributed by atoms with E-state index < -0.39 is 6.43 Å². The molecule has 0 atom stereocenters. The number of rotatable bonds is 1. The molecule has 15 heavy (non-hydrogen) atoms. The summed E-state index contributed by atoms with van der Waals surface area (Å²) in [6.45, 7) is -0.0898. The Hall–Kier alpha value is -1.17. The minimum absolute atomic E-state index is 0.0898. The lowest BCUT2D eigenvalue weighted by atomic mass is 10.1. The molecule has 0 bridgehead atoms. The van der Waals surface area contributed by atoms with Crippen LogP contribution in [0.4, 0.5) is 14.5 Å². The van der Waals surface area contributed by atoms with Gasteiger partial charge in [-0.15, -0.1) is 0 Å². The molecule has 1 N–H and O–H groups in total. The smallest absolute Gasteiger partial charge is 0.265 e. The fourth-order valence-corrected chi connectivity index (χ4v) is 1.78. The third-order valence-corrected chi connectivity index (χ3v) is 2.65. The molecule has 0 unspecified atom stereocenters. The SMILES string of the molecule is O=C1COc2cc(Br)c(C(F)F)cc2N1. The molecule has 80 valence electrons. The zero-order valence-corrected chi connectivity index (χ0v) is 8.98. The van der Waals surface area contributed by atoms with Crippen molar-refractivity contribution in [2.75, 3.05) is 11.9 Å². The Morgan fingerprint density at radius 2 is 2.20 bits per heavy atom. The Balaban J connectivity index is 2.47. The molecule has 6 heteroatoms. The van der Waals surface area contributed by atoms with Gasteiger partial charge in [0.1, 0.15) is 5.75 Å². The number of halogens is 3. The van der Waals surface area contributed by atoms with Crippen LogP contribution in [0.25, 0.3) is 0 Å². The number of carbonyl (C=O) groups is 1. The summed E-state index contributed by atoms with van der Waals surface area (Å²) >= 11 is 3.02. The van der Waals surface area contributed by atoms with Crippen LogP contribution in [0, 0.1) is 0 Å². The van der Waals surface area contributed by atoms with Crippen LogP contribution in [0.15, 0.2) is 16.6 Å². The van der Waals surface area contributed by atoms with E-state index in [4.69, 9.17) is 4.74 Å². The van der Waals surface area contributed by atoms with E-state index in [1.54, 1.807) is 0 Å². The first-order chi connectivity index (χ1) is 7.08. The number of anilines is 1. The lowest BCUT2D eigenvalue weighted by Crippen LogP contribution is -2.25. The van der Waals surface area contributed by atoms with Crippen LogP contribution in [0.1, 0.15) is 12.0 Å². The summed E-state index contributed by atoms with van der Waals surface area (Å²) in [6.07, 6.45) is -2.59. The van der Waals surface area contributed by atoms with Crippen molar-refractivity contribution in [1.82, 2.24) is 0 Å². The first-order valence-electron chi connectivity index (χ1n) is 4.12. The lowest BCUT2D eigenvalue weighted by molar-refractivity contribution is -0.118. The Morgan fingerprint density at radius 1 is 1.47 bits per heavy atom. The van der Waals surface area contributed by atoms with E-state index in [0.717, 1.165) is 0 Å². The van der Waals surface area contributed by atoms with Crippen molar-refractivity contribution >= 4 is 27.5 Å². The van der Waals surface area contributed by atoms with Gasteiger partial charge in [-0.2, -0.15) is 0 Å². The second kappa shape index (κ2) is 3.77. The van der Waals surface area contributed by atoms with E-state index in [2.05, 4.69) is 21.2 Å². The van der Waals surface area contributed by atoms with Gasteiger partial charge in [0.2, 0.25) is 0 Å². The number of carbonyl (C=O) groups excluding carboxylic acids is 1. The topological polar surface area (TPSA) is 38.3 Å². The second-order valence-electron chi connectivity index (χ2n) is 3.01. The van der Waals surface area contributed by atoms with Crippen molar-refractivity contribution in [2.24, 2.45) is 0 Å². The molecule has 0 spiro atoms. The lowest BCUT2D eigenvalue weighted by Gasteiger charge is -2.19. The highest BCUT2D eigenvalue weighted by atomic mass is 79.9. The van der Waals surface area contributed by atoms with Gasteiger partial charge in [0.25, 0.3) is 12.3 Å². The van der Waals surface area contributed by atoms with Gasteiger partial charge in [0.15, 0.2) is 6.61 Å². The predicted molar refractivity (Wildman–Crippen MR) is 53.2 cm³/mol. The summed E-state index contributed by atoms with van der Waals surface area (Å²) < 4.78 is 30.4. The summed E-state index contributed by atoms with van der Waals surface area (Å²) in [5.74, 6) is 0.0518. The summed E-state index contributed by atoms with van der Waals surface area (Å²) in [5, 5.41) is 2.46. The fourth-order valence-electron chi connectivity index (χ4n) is 1.29. The first-order valence-corrected chi connectivity index (χ1v) is 4.91. The third kappa shape index (κ3) is 1.94. The Bertz CT molecular complexity index is 423. The monoisotopic (exact) mass is 277 g/mol. The number of hydrogen-bond acceptors (Lipinski definition) is 2. The molecular formula is C9H6BrF2NO2. The number of alkyl halides is 2. The quantitative estimate of drug-likeness (QED) is 0.857. The summed E-state index contributed by atoms with van der Waals surface area (Å²) in [4.78, 5) is 11.0. The van der Waals surface area contributed by atoms with Gasteiger partial charge in [-0.3, -0.25) is 4.79 Å². The molecule has 1 aromatic rings. The normalized spacial score (nSPS) is 14.5. The number of amides is 1. The molecule has 3 nitrogen and oxygen atoms in total. The minimum atomic E-state index is -2.59. The molecule has 0 radical (unpaired) electrons. The zero-order chi connectivity index (χ0) is 11.0. The van der Waals surface area contributed by atoms with Gasteiger partial charge in [-0.25, -0.2) is 8.78 Å². The molecule has 0 saturated carbocycles. The van der Waals surface area contributed by atoms with E-state index >= 15 is 0 Å². The van der Waals surface area contributed by atoms with E-state index in [1.165, 1.54) is 12.1 Å². The van der Waals surface area contributed by atoms with E-state index in [9.17, 15) is 13.6 Å². The van der Waals surface area contributed by atoms with Crippen LogP contribution in [0.3, 0.4) is 0 Å². The average molecular weight is 278 g/mol. The second-order valence-corrected chi connectivity index (χ2v) is 3.86. The van der Waals surface area contributed by atoms with Crippen molar-refractivity contribution in [3.8, 4) is 5.75 Å². The average Bonchev–Trinajstić information content (AvgIpc) is 2.17. The largest absolute Gasteiger partial charge is 0.482 e. The van der Waals surface area contributed by atoms with Crippen molar-refractivity contribution in [2.45, 2.75) is 6.43 Å². The maximum atomic E-state index is 12.5. The predicted octanol–water partition coefficient (Wildman–Crippen LogP) is 2.72. The molecule has 1 aromatic carbocycles. The number of nitrogens with one attached hydrogen (secondary N) is 1. The molecular weight excluding hydrogens is 272 g/mol. The highest BCUT2D eigenvalue weighted by Crippen LogP contribution is 2.37. The van der Waals surface area contributed by atoms with Gasteiger partial charge >= 0.3 is 0 Å². The van der Waals surface area contributed by atoms with Crippen molar-refractivity contribution in [3.05, 3.63) is 22.2 Å². The molecule has 1 aliphatic heterocycles. The van der Waals surface area contributed by atoms with Gasteiger partial charge in [0.05, 0.1) is 5.69 Å². The zero-order valence-electron chi connectivity index (χ0n) is 7.39. The third-order valence-electron chi connectivity index (χ3n) is 1.97. The fraction of sp³-hybridized carbons (Fsp3) is 0.222. The Kier molecular flexibility index (Phi) is 2.60. The van der Waals surface area contributed by atoms with Gasteiger partial charge in [-0.1, -0.05) is 15.9 Å². The van der Waals surface area contributed by atoms with E-state index in [-0.39, 0.29) is 28.2 Å². The number of ether oxygens (including phenoxy) is 1. The molecule has 1 aliphatic rings. The summed E-state index contributed by atoms with van der Waals surface area (Å²) in [6, 6.07) is 2.64. The van der Waals surface area contributed by atoms with Crippen molar-refractivity contribution < 1.29 is 18.3 Å². The summed E-state index contributed by atoms with van der Waals surface area (Å²) in [7, 11) is 0. The molecule has 0 saturated heterocycles. The van der Waals surface area contributed by atoms with Gasteiger partial charge in [0, 0.05) is 10.0 Å². The Labute approximate surface area is 92.5 Å². The number of fused-ring (bicyclic) bond motifs is 1. The van der Waals surface area contributed by atoms with Crippen molar-refractivity contribution in [1.29, 1.82) is 0 Å². The number of hydrogen-bond donors (Lipinski definition) is 1. The van der Waals surface area contributed by atoms with Crippen molar-refractivity contribution in [3.63, 3.8) is 0 Å². The molecule has 0 aromatic heterocycles. The standard InChI is InChI=1S/C9H6BrF2NO2/c10-5-2-7-6(1-4(5)9(11)12)13-8(14)3-15-7/h1-2,9H,3H2,(H,13,14). The van der Waals surface area contributed by atoms with Gasteiger partial charge in [-0.05, 0) is 12.1 Å². The maximum Gasteiger partial charge on any atom is 0.265 e. The van der Waals surface area contributed by atoms with Crippen LogP contribution in [0.2, 0.25) is 0 Å². The summed E-state index contributed by atoms with van der Waals surface area (Å²) in [5.41, 5.74) is 0.115. The number of benzene rings is 1. The molecule has 1 amide bonds. The van der Waals surface area contributed by atoms with Crippen LogP contribution >= 0.6 is 15.9 Å². The highest BCUT2D eigenvalue weighted by molar-refractivity contribution is 9.10.